The fourth-order valence-electron chi connectivity index (χ4n) is 3.60. The van der Waals surface area contributed by atoms with Crippen LogP contribution in [-0.4, -0.2) is 38.2 Å². The number of carbonyl (C=O) groups is 1. The number of ether oxygens (including phenoxy) is 3. The van der Waals surface area contributed by atoms with Gasteiger partial charge in [0.05, 0.1) is 19.2 Å². The van der Waals surface area contributed by atoms with Crippen LogP contribution in [0.5, 0.6) is 17.2 Å². The number of amides is 1. The zero-order valence-corrected chi connectivity index (χ0v) is 16.9. The third kappa shape index (κ3) is 4.69. The van der Waals surface area contributed by atoms with Crippen LogP contribution in [0.3, 0.4) is 0 Å². The quantitative estimate of drug-likeness (QED) is 0.728. The number of halogens is 1. The average Bonchev–Trinajstić information content (AvgIpc) is 3.14. The molecular formula is C21H25ClN2O4. The van der Waals surface area contributed by atoms with E-state index in [-0.39, 0.29) is 6.61 Å². The van der Waals surface area contributed by atoms with Gasteiger partial charge in [-0.3, -0.25) is 9.69 Å². The first-order chi connectivity index (χ1) is 13.5. The molecule has 3 rings (SSSR count). The molecule has 0 aromatic heterocycles. The second kappa shape index (κ2) is 9.17. The molecule has 1 atom stereocenters. The van der Waals surface area contributed by atoms with Gasteiger partial charge in [0, 0.05) is 12.6 Å². The van der Waals surface area contributed by atoms with Crippen LogP contribution in [0.2, 0.25) is 5.02 Å². The lowest BCUT2D eigenvalue weighted by Crippen LogP contribution is -2.23. The molecule has 0 bridgehead atoms. The van der Waals surface area contributed by atoms with Crippen LogP contribution in [0.25, 0.3) is 0 Å². The summed E-state index contributed by atoms with van der Waals surface area (Å²) >= 11 is 6.38. The highest BCUT2D eigenvalue weighted by Crippen LogP contribution is 2.39. The molecule has 6 nitrogen and oxygen atoms in total. The Balaban J connectivity index is 1.77. The molecule has 0 spiro atoms. The van der Waals surface area contributed by atoms with E-state index in [0.717, 1.165) is 37.2 Å². The van der Waals surface area contributed by atoms with Crippen molar-refractivity contribution in [2.45, 2.75) is 25.4 Å². The van der Waals surface area contributed by atoms with E-state index in [1.54, 1.807) is 14.2 Å². The summed E-state index contributed by atoms with van der Waals surface area (Å²) in [5.41, 5.74) is 7.44. The highest BCUT2D eigenvalue weighted by molar-refractivity contribution is 6.32. The van der Waals surface area contributed by atoms with Crippen molar-refractivity contribution in [3.8, 4) is 17.2 Å². The predicted octanol–water partition coefficient (Wildman–Crippen LogP) is 3.56. The highest BCUT2D eigenvalue weighted by atomic mass is 35.5. The number of rotatable bonds is 8. The Hall–Kier alpha value is -2.44. The van der Waals surface area contributed by atoms with E-state index in [2.05, 4.69) is 17.0 Å². The standard InChI is InChI=1S/C21H25ClN2O4/c1-26-16-7-5-15(6-8-16)18-4-3-9-24(18)12-14-10-17(22)21(19(11-14)27-2)28-13-20(23)25/h5-8,10-11,18H,3-4,9,12-13H2,1-2H3,(H2,23,25)/t18-/m0/s1. The van der Waals surface area contributed by atoms with Gasteiger partial charge in [-0.2, -0.15) is 0 Å². The van der Waals surface area contributed by atoms with Crippen LogP contribution < -0.4 is 19.9 Å². The Kier molecular flexibility index (Phi) is 6.65. The number of benzene rings is 2. The number of hydrogen-bond acceptors (Lipinski definition) is 5. The first-order valence-corrected chi connectivity index (χ1v) is 9.55. The zero-order valence-electron chi connectivity index (χ0n) is 16.1. The Labute approximate surface area is 170 Å². The van der Waals surface area contributed by atoms with E-state index in [9.17, 15) is 4.79 Å². The van der Waals surface area contributed by atoms with Crippen LogP contribution in [0.1, 0.15) is 30.0 Å². The third-order valence-electron chi connectivity index (χ3n) is 4.90. The Morgan fingerprint density at radius 1 is 1.21 bits per heavy atom. The largest absolute Gasteiger partial charge is 0.497 e. The number of primary amides is 1. The van der Waals surface area contributed by atoms with Gasteiger partial charge in [0.15, 0.2) is 18.1 Å². The van der Waals surface area contributed by atoms with Gasteiger partial charge in [-0.05, 0) is 54.8 Å². The summed E-state index contributed by atoms with van der Waals surface area (Å²) in [6.07, 6.45) is 2.25. The van der Waals surface area contributed by atoms with Crippen LogP contribution >= 0.6 is 11.6 Å². The summed E-state index contributed by atoms with van der Waals surface area (Å²) < 4.78 is 16.1. The fraction of sp³-hybridized carbons (Fsp3) is 0.381. The third-order valence-corrected chi connectivity index (χ3v) is 5.18. The van der Waals surface area contributed by atoms with Gasteiger partial charge in [-0.15, -0.1) is 0 Å². The molecule has 1 aliphatic rings. The van der Waals surface area contributed by atoms with Gasteiger partial charge >= 0.3 is 0 Å². The minimum absolute atomic E-state index is 0.249. The van der Waals surface area contributed by atoms with E-state index in [0.29, 0.717) is 22.6 Å². The van der Waals surface area contributed by atoms with Crippen molar-refractivity contribution < 1.29 is 19.0 Å². The molecule has 1 fully saturated rings. The highest BCUT2D eigenvalue weighted by Gasteiger charge is 2.26. The van der Waals surface area contributed by atoms with Crippen LogP contribution in [0.15, 0.2) is 36.4 Å². The predicted molar refractivity (Wildman–Crippen MR) is 108 cm³/mol. The monoisotopic (exact) mass is 404 g/mol. The molecule has 1 saturated heterocycles. The Morgan fingerprint density at radius 3 is 2.61 bits per heavy atom. The first kappa shape index (κ1) is 20.3. The molecule has 2 aromatic carbocycles. The van der Waals surface area contributed by atoms with Crippen molar-refractivity contribution in [2.24, 2.45) is 5.73 Å². The number of hydrogen-bond donors (Lipinski definition) is 1. The molecule has 0 unspecified atom stereocenters. The minimum Gasteiger partial charge on any atom is -0.497 e. The molecule has 1 aliphatic heterocycles. The van der Waals surface area contributed by atoms with Gasteiger partial charge in [-0.25, -0.2) is 0 Å². The maximum atomic E-state index is 11.0. The smallest absolute Gasteiger partial charge is 0.255 e. The summed E-state index contributed by atoms with van der Waals surface area (Å²) in [5.74, 6) is 1.11. The number of likely N-dealkylation sites (tertiary alicyclic amines) is 1. The van der Waals surface area contributed by atoms with E-state index >= 15 is 0 Å². The minimum atomic E-state index is -0.568. The van der Waals surface area contributed by atoms with Crippen molar-refractivity contribution >= 4 is 17.5 Å². The summed E-state index contributed by atoms with van der Waals surface area (Å²) in [4.78, 5) is 13.4. The fourth-order valence-corrected chi connectivity index (χ4v) is 3.89. The SMILES string of the molecule is COc1ccc([C@@H]2CCCN2Cc2cc(Cl)c(OCC(N)=O)c(OC)c2)cc1. The normalized spacial score (nSPS) is 16.8. The number of nitrogens with two attached hydrogens (primary N) is 1. The van der Waals surface area contributed by atoms with E-state index < -0.39 is 5.91 Å². The zero-order chi connectivity index (χ0) is 20.1. The number of methoxy groups -OCH3 is 2. The lowest BCUT2D eigenvalue weighted by Gasteiger charge is -2.25. The lowest BCUT2D eigenvalue weighted by atomic mass is 10.0. The van der Waals surface area contributed by atoms with Gasteiger partial charge in [0.2, 0.25) is 0 Å². The average molecular weight is 405 g/mol. The van der Waals surface area contributed by atoms with E-state index in [1.165, 1.54) is 5.56 Å². The molecular weight excluding hydrogens is 380 g/mol. The number of carbonyl (C=O) groups excluding carboxylic acids is 1. The van der Waals surface area contributed by atoms with Gasteiger partial charge in [0.25, 0.3) is 5.91 Å². The summed E-state index contributed by atoms with van der Waals surface area (Å²) in [6, 6.07) is 12.3. The summed E-state index contributed by atoms with van der Waals surface area (Å²) in [7, 11) is 3.22. The lowest BCUT2D eigenvalue weighted by molar-refractivity contribution is -0.119. The molecule has 0 aliphatic carbocycles. The molecule has 28 heavy (non-hydrogen) atoms. The van der Waals surface area contributed by atoms with E-state index in [1.807, 2.05) is 24.3 Å². The molecule has 1 heterocycles. The maximum Gasteiger partial charge on any atom is 0.255 e. The van der Waals surface area contributed by atoms with Crippen LogP contribution in [-0.2, 0) is 11.3 Å². The van der Waals surface area contributed by atoms with Crippen molar-refractivity contribution in [1.29, 1.82) is 0 Å². The summed E-state index contributed by atoms with van der Waals surface area (Å²) in [5, 5.41) is 0.399. The van der Waals surface area contributed by atoms with Crippen LogP contribution in [0.4, 0.5) is 0 Å². The topological polar surface area (TPSA) is 74.0 Å². The molecule has 150 valence electrons. The number of nitrogens with zero attached hydrogens (tertiary/aromatic N) is 1. The molecule has 0 saturated carbocycles. The molecule has 0 radical (unpaired) electrons. The summed E-state index contributed by atoms with van der Waals surface area (Å²) in [6.45, 7) is 1.50. The second-order valence-electron chi connectivity index (χ2n) is 6.77. The Morgan fingerprint density at radius 2 is 1.96 bits per heavy atom. The van der Waals surface area contributed by atoms with Gasteiger partial charge in [-0.1, -0.05) is 23.7 Å². The van der Waals surface area contributed by atoms with Crippen molar-refractivity contribution in [3.05, 3.63) is 52.5 Å². The molecule has 2 N–H and O–H groups in total. The molecule has 2 aromatic rings. The first-order valence-electron chi connectivity index (χ1n) is 9.17. The molecule has 7 heteroatoms. The van der Waals surface area contributed by atoms with E-state index in [4.69, 9.17) is 31.5 Å². The van der Waals surface area contributed by atoms with Gasteiger partial charge in [0.1, 0.15) is 5.75 Å². The van der Waals surface area contributed by atoms with Crippen LogP contribution in [0, 0.1) is 0 Å². The van der Waals surface area contributed by atoms with Crippen molar-refractivity contribution in [1.82, 2.24) is 4.90 Å². The van der Waals surface area contributed by atoms with Gasteiger partial charge < -0.3 is 19.9 Å². The van der Waals surface area contributed by atoms with Crippen molar-refractivity contribution in [3.63, 3.8) is 0 Å². The van der Waals surface area contributed by atoms with Crippen molar-refractivity contribution in [2.75, 3.05) is 27.4 Å². The molecule has 1 amide bonds. The maximum absolute atomic E-state index is 11.0. The Bertz CT molecular complexity index is 826. The second-order valence-corrected chi connectivity index (χ2v) is 7.17.